The van der Waals surface area contributed by atoms with Crippen LogP contribution in [0.5, 0.6) is 0 Å². The summed E-state index contributed by atoms with van der Waals surface area (Å²) in [6.07, 6.45) is -0.464. The van der Waals surface area contributed by atoms with E-state index < -0.39 is 27.7 Å². The van der Waals surface area contributed by atoms with E-state index in [1.165, 1.54) is 7.11 Å². The molecule has 0 amide bonds. The van der Waals surface area contributed by atoms with Gasteiger partial charge in [-0.15, -0.1) is 0 Å². The Kier molecular flexibility index (Phi) is 4.19. The summed E-state index contributed by atoms with van der Waals surface area (Å²) in [6.45, 7) is 1.57. The maximum Gasteiger partial charge on any atom is 0.318 e. The highest BCUT2D eigenvalue weighted by Crippen LogP contribution is 1.97. The third-order valence-electron chi connectivity index (χ3n) is 1.23. The molecular weight excluding hydrogens is 184 g/mol. The lowest BCUT2D eigenvalue weighted by Crippen LogP contribution is -2.25. The van der Waals surface area contributed by atoms with E-state index in [2.05, 4.69) is 0 Å². The van der Waals surface area contributed by atoms with Gasteiger partial charge in [0.25, 0.3) is 0 Å². The highest BCUT2D eigenvalue weighted by Gasteiger charge is 2.18. The van der Waals surface area contributed by atoms with Gasteiger partial charge in [-0.1, -0.05) is 0 Å². The van der Waals surface area contributed by atoms with Crippen molar-refractivity contribution in [2.75, 3.05) is 18.6 Å². The van der Waals surface area contributed by atoms with Crippen LogP contribution in [0.25, 0.3) is 0 Å². The van der Waals surface area contributed by atoms with Crippen molar-refractivity contribution in [2.45, 2.75) is 13.0 Å². The van der Waals surface area contributed by atoms with Gasteiger partial charge in [0.2, 0.25) is 0 Å². The van der Waals surface area contributed by atoms with Crippen LogP contribution < -0.4 is 0 Å². The van der Waals surface area contributed by atoms with Crippen molar-refractivity contribution in [3.05, 3.63) is 0 Å². The van der Waals surface area contributed by atoms with Crippen LogP contribution in [-0.2, 0) is 19.4 Å². The third kappa shape index (κ3) is 5.09. The van der Waals surface area contributed by atoms with E-state index >= 15 is 0 Å². The van der Waals surface area contributed by atoms with Crippen molar-refractivity contribution >= 4 is 15.8 Å². The summed E-state index contributed by atoms with van der Waals surface area (Å²) >= 11 is 0. The van der Waals surface area contributed by atoms with Gasteiger partial charge >= 0.3 is 5.97 Å². The molecule has 0 heterocycles. The zero-order chi connectivity index (χ0) is 9.78. The molecule has 1 atom stereocenters. The Labute approximate surface area is 71.3 Å². The number of hydrogen-bond donors (Lipinski definition) is 1. The Bertz CT molecular complexity index is 243. The molecule has 0 bridgehead atoms. The molecule has 0 aliphatic rings. The maximum atomic E-state index is 10.9. The van der Waals surface area contributed by atoms with E-state index in [1.54, 1.807) is 6.92 Å². The molecule has 6 heteroatoms. The Morgan fingerprint density at radius 1 is 1.58 bits per heavy atom. The SMILES string of the molecule is COC(C)CS(=O)(=O)CC(=O)O. The standard InChI is InChI=1S/C6H12O5S/c1-5(11-2)3-12(9,10)4-6(7)8/h5H,3-4H2,1-2H3,(H,7,8). The Hall–Kier alpha value is -0.620. The summed E-state index contributed by atoms with van der Waals surface area (Å²) in [6, 6.07) is 0. The molecule has 0 saturated carbocycles. The van der Waals surface area contributed by atoms with E-state index in [0.29, 0.717) is 0 Å². The van der Waals surface area contributed by atoms with Crippen LogP contribution in [0.1, 0.15) is 6.92 Å². The molecule has 72 valence electrons. The van der Waals surface area contributed by atoms with Crippen LogP contribution in [0, 0.1) is 0 Å². The minimum Gasteiger partial charge on any atom is -0.480 e. The molecule has 1 unspecified atom stereocenters. The molecule has 0 fully saturated rings. The normalized spacial score (nSPS) is 14.2. The molecular formula is C6H12O5S. The number of carbonyl (C=O) groups is 1. The zero-order valence-corrected chi connectivity index (χ0v) is 7.80. The molecule has 0 radical (unpaired) electrons. The first-order chi connectivity index (χ1) is 5.37. The smallest absolute Gasteiger partial charge is 0.318 e. The molecule has 0 aliphatic heterocycles. The second-order valence-corrected chi connectivity index (χ2v) is 4.60. The van der Waals surface area contributed by atoms with Crippen molar-refractivity contribution in [3.8, 4) is 0 Å². The fourth-order valence-corrected chi connectivity index (χ4v) is 2.02. The first-order valence-electron chi connectivity index (χ1n) is 3.32. The average Bonchev–Trinajstić information content (AvgIpc) is 1.83. The molecule has 0 aromatic carbocycles. The van der Waals surface area contributed by atoms with Crippen LogP contribution in [0.4, 0.5) is 0 Å². The lowest BCUT2D eigenvalue weighted by atomic mass is 10.5. The molecule has 0 aromatic rings. The minimum absolute atomic E-state index is 0.254. The fraction of sp³-hybridized carbons (Fsp3) is 0.833. The molecule has 0 saturated heterocycles. The van der Waals surface area contributed by atoms with Gasteiger partial charge in [-0.25, -0.2) is 8.42 Å². The number of rotatable bonds is 5. The van der Waals surface area contributed by atoms with Gasteiger partial charge in [-0.2, -0.15) is 0 Å². The lowest BCUT2D eigenvalue weighted by molar-refractivity contribution is -0.134. The van der Waals surface area contributed by atoms with Crippen LogP contribution in [-0.4, -0.2) is 44.2 Å². The monoisotopic (exact) mass is 196 g/mol. The van der Waals surface area contributed by atoms with E-state index in [-0.39, 0.29) is 5.75 Å². The van der Waals surface area contributed by atoms with Gasteiger partial charge in [-0.05, 0) is 6.92 Å². The largest absolute Gasteiger partial charge is 0.480 e. The van der Waals surface area contributed by atoms with Gasteiger partial charge in [0.1, 0.15) is 5.75 Å². The number of carboxylic acids is 1. The molecule has 12 heavy (non-hydrogen) atoms. The second kappa shape index (κ2) is 4.42. The number of ether oxygens (including phenoxy) is 1. The average molecular weight is 196 g/mol. The summed E-state index contributed by atoms with van der Waals surface area (Å²) in [5.41, 5.74) is 0. The third-order valence-corrected chi connectivity index (χ3v) is 2.90. The van der Waals surface area contributed by atoms with Crippen LogP contribution in [0.3, 0.4) is 0 Å². The van der Waals surface area contributed by atoms with Gasteiger partial charge in [0.15, 0.2) is 9.84 Å². The Morgan fingerprint density at radius 3 is 2.42 bits per heavy atom. The summed E-state index contributed by atoms with van der Waals surface area (Å²) < 4.78 is 26.6. The van der Waals surface area contributed by atoms with Gasteiger partial charge in [0.05, 0.1) is 11.9 Å². The van der Waals surface area contributed by atoms with Gasteiger partial charge in [-0.3, -0.25) is 4.79 Å². The number of methoxy groups -OCH3 is 1. The van der Waals surface area contributed by atoms with Crippen molar-refractivity contribution in [3.63, 3.8) is 0 Å². The van der Waals surface area contributed by atoms with E-state index in [9.17, 15) is 13.2 Å². The van der Waals surface area contributed by atoms with Crippen molar-refractivity contribution < 1.29 is 23.1 Å². The molecule has 0 spiro atoms. The zero-order valence-electron chi connectivity index (χ0n) is 6.98. The molecule has 0 aromatic heterocycles. The molecule has 1 N–H and O–H groups in total. The summed E-state index contributed by atoms with van der Waals surface area (Å²) in [7, 11) is -2.14. The lowest BCUT2D eigenvalue weighted by Gasteiger charge is -2.07. The van der Waals surface area contributed by atoms with Crippen LogP contribution in [0.15, 0.2) is 0 Å². The van der Waals surface area contributed by atoms with Crippen molar-refractivity contribution in [1.82, 2.24) is 0 Å². The maximum absolute atomic E-state index is 10.9. The minimum atomic E-state index is -3.52. The topological polar surface area (TPSA) is 80.7 Å². The van der Waals surface area contributed by atoms with Crippen LogP contribution >= 0.6 is 0 Å². The van der Waals surface area contributed by atoms with E-state index in [4.69, 9.17) is 9.84 Å². The number of carboxylic acid groups (broad SMARTS) is 1. The fourth-order valence-electron chi connectivity index (χ4n) is 0.673. The van der Waals surface area contributed by atoms with Crippen molar-refractivity contribution in [2.24, 2.45) is 0 Å². The first-order valence-corrected chi connectivity index (χ1v) is 5.14. The molecule has 5 nitrogen and oxygen atoms in total. The van der Waals surface area contributed by atoms with Crippen molar-refractivity contribution in [1.29, 1.82) is 0 Å². The summed E-state index contributed by atoms with van der Waals surface area (Å²) in [4.78, 5) is 10.1. The summed E-state index contributed by atoms with van der Waals surface area (Å²) in [5, 5.41) is 8.21. The number of aliphatic carboxylic acids is 1. The second-order valence-electron chi connectivity index (χ2n) is 2.49. The Morgan fingerprint density at radius 2 is 2.08 bits per heavy atom. The van der Waals surface area contributed by atoms with Crippen LogP contribution in [0.2, 0.25) is 0 Å². The number of sulfone groups is 1. The van der Waals surface area contributed by atoms with Gasteiger partial charge in [0, 0.05) is 7.11 Å². The quantitative estimate of drug-likeness (QED) is 0.642. The predicted octanol–water partition coefficient (Wildman–Crippen LogP) is -0.479. The number of hydrogen-bond acceptors (Lipinski definition) is 4. The Balaban J connectivity index is 4.15. The summed E-state index contributed by atoms with van der Waals surface area (Å²) in [5.74, 6) is -2.42. The van der Waals surface area contributed by atoms with E-state index in [0.717, 1.165) is 0 Å². The first kappa shape index (κ1) is 11.4. The van der Waals surface area contributed by atoms with Gasteiger partial charge < -0.3 is 9.84 Å². The highest BCUT2D eigenvalue weighted by atomic mass is 32.2. The predicted molar refractivity (Wildman–Crippen MR) is 42.8 cm³/mol. The van der Waals surface area contributed by atoms with E-state index in [1.807, 2.05) is 0 Å². The molecule has 0 rings (SSSR count). The molecule has 0 aliphatic carbocycles. The highest BCUT2D eigenvalue weighted by molar-refractivity contribution is 7.92.